The third-order valence-electron chi connectivity index (χ3n) is 2.11. The molecule has 0 aliphatic rings. The molecule has 0 amide bonds. The molecule has 0 saturated carbocycles. The highest BCUT2D eigenvalue weighted by molar-refractivity contribution is 7.89. The van der Waals surface area contributed by atoms with Gasteiger partial charge in [0.1, 0.15) is 5.69 Å². The van der Waals surface area contributed by atoms with Gasteiger partial charge in [-0.25, -0.2) is 18.2 Å². The number of primary sulfonamides is 1. The predicted octanol–water partition coefficient (Wildman–Crippen LogP) is -0.273. The first-order valence-electron chi connectivity index (χ1n) is 4.51. The zero-order valence-corrected chi connectivity index (χ0v) is 9.33. The van der Waals surface area contributed by atoms with Crippen LogP contribution in [0.2, 0.25) is 0 Å². The molecule has 1 heterocycles. The van der Waals surface area contributed by atoms with Crippen molar-refractivity contribution in [2.24, 2.45) is 5.14 Å². The highest BCUT2D eigenvalue weighted by Gasteiger charge is 2.09. The van der Waals surface area contributed by atoms with E-state index in [1.165, 1.54) is 35.1 Å². The van der Waals surface area contributed by atoms with Crippen LogP contribution in [0.3, 0.4) is 0 Å². The van der Waals surface area contributed by atoms with E-state index >= 15 is 0 Å². The summed E-state index contributed by atoms with van der Waals surface area (Å²) in [6.07, 6.45) is 1.91. The molecule has 0 radical (unpaired) electrons. The number of carbonyl (C=O) groups excluding carboxylic acids is 1. The van der Waals surface area contributed by atoms with E-state index in [1.54, 1.807) is 0 Å². The van der Waals surface area contributed by atoms with Gasteiger partial charge in [0, 0.05) is 0 Å². The van der Waals surface area contributed by atoms with E-state index in [4.69, 9.17) is 5.14 Å². The van der Waals surface area contributed by atoms with Crippen LogP contribution >= 0.6 is 0 Å². The van der Waals surface area contributed by atoms with E-state index in [0.717, 1.165) is 0 Å². The molecule has 2 rings (SSSR count). The maximum Gasteiger partial charge on any atom is 0.238 e. The van der Waals surface area contributed by atoms with Crippen LogP contribution in [0, 0.1) is 0 Å². The number of sulfonamides is 1. The minimum Gasteiger partial charge on any atom is -0.296 e. The van der Waals surface area contributed by atoms with Crippen LogP contribution in [0.15, 0.2) is 35.4 Å². The van der Waals surface area contributed by atoms with Crippen molar-refractivity contribution in [1.29, 1.82) is 0 Å². The minimum atomic E-state index is -3.72. The van der Waals surface area contributed by atoms with Crippen molar-refractivity contribution in [3.8, 4) is 5.69 Å². The van der Waals surface area contributed by atoms with Gasteiger partial charge in [-0.1, -0.05) is 5.21 Å². The van der Waals surface area contributed by atoms with Gasteiger partial charge in [-0.05, 0) is 24.3 Å². The molecule has 0 aliphatic heterocycles. The van der Waals surface area contributed by atoms with E-state index in [-0.39, 0.29) is 10.6 Å². The summed E-state index contributed by atoms with van der Waals surface area (Å²) in [6.45, 7) is 0. The Labute approximate surface area is 96.9 Å². The highest BCUT2D eigenvalue weighted by Crippen LogP contribution is 2.12. The fourth-order valence-electron chi connectivity index (χ4n) is 1.30. The van der Waals surface area contributed by atoms with Gasteiger partial charge in [0.2, 0.25) is 10.0 Å². The van der Waals surface area contributed by atoms with Crippen molar-refractivity contribution in [3.05, 3.63) is 36.2 Å². The van der Waals surface area contributed by atoms with Gasteiger partial charge >= 0.3 is 0 Å². The molecule has 0 bridgehead atoms. The Balaban J connectivity index is 2.46. The molecular formula is C9H8N4O3S. The lowest BCUT2D eigenvalue weighted by Crippen LogP contribution is -2.12. The first-order valence-corrected chi connectivity index (χ1v) is 6.06. The number of carbonyl (C=O) groups is 1. The maximum absolute atomic E-state index is 11.0. The van der Waals surface area contributed by atoms with Gasteiger partial charge in [-0.15, -0.1) is 5.10 Å². The summed E-state index contributed by atoms with van der Waals surface area (Å²) in [5.41, 5.74) is 0.797. The fourth-order valence-corrected chi connectivity index (χ4v) is 1.82. The van der Waals surface area contributed by atoms with Crippen LogP contribution < -0.4 is 5.14 Å². The second-order valence-corrected chi connectivity index (χ2v) is 4.79. The minimum absolute atomic E-state index is 0.00554. The summed E-state index contributed by atoms with van der Waals surface area (Å²) in [6, 6.07) is 5.64. The van der Waals surface area contributed by atoms with E-state index in [2.05, 4.69) is 10.3 Å². The van der Waals surface area contributed by atoms with Gasteiger partial charge in [-0.3, -0.25) is 4.79 Å². The molecular weight excluding hydrogens is 244 g/mol. The van der Waals surface area contributed by atoms with Crippen LogP contribution in [-0.2, 0) is 10.0 Å². The third-order valence-corrected chi connectivity index (χ3v) is 3.04. The number of hydrogen-bond donors (Lipinski definition) is 1. The number of nitrogens with two attached hydrogens (primary N) is 1. The summed E-state index contributed by atoms with van der Waals surface area (Å²) in [4.78, 5) is 10.7. The van der Waals surface area contributed by atoms with Crippen LogP contribution in [0.25, 0.3) is 5.69 Å². The average molecular weight is 252 g/mol. The van der Waals surface area contributed by atoms with Crippen molar-refractivity contribution in [1.82, 2.24) is 15.0 Å². The van der Waals surface area contributed by atoms with Gasteiger partial charge in [0.05, 0.1) is 16.8 Å². The summed E-state index contributed by atoms with van der Waals surface area (Å²) >= 11 is 0. The zero-order chi connectivity index (χ0) is 12.5. The molecule has 0 atom stereocenters. The Kier molecular flexibility index (Phi) is 2.74. The maximum atomic E-state index is 11.0. The first kappa shape index (κ1) is 11.4. The van der Waals surface area contributed by atoms with Crippen LogP contribution in [0.1, 0.15) is 10.5 Å². The fraction of sp³-hybridized carbons (Fsp3) is 0. The molecule has 7 nitrogen and oxygen atoms in total. The average Bonchev–Trinajstić information content (AvgIpc) is 2.76. The lowest BCUT2D eigenvalue weighted by Gasteiger charge is -2.03. The van der Waals surface area contributed by atoms with Crippen molar-refractivity contribution >= 4 is 16.3 Å². The number of nitrogens with zero attached hydrogens (tertiary/aromatic N) is 3. The molecule has 1 aromatic carbocycles. The molecule has 88 valence electrons. The van der Waals surface area contributed by atoms with E-state index in [1.807, 2.05) is 0 Å². The third kappa shape index (κ3) is 2.22. The summed E-state index contributed by atoms with van der Waals surface area (Å²) in [7, 11) is -3.72. The summed E-state index contributed by atoms with van der Waals surface area (Å²) in [5.74, 6) is 0. The zero-order valence-electron chi connectivity index (χ0n) is 8.52. The molecule has 17 heavy (non-hydrogen) atoms. The second kappa shape index (κ2) is 4.07. The number of aldehydes is 1. The first-order chi connectivity index (χ1) is 8.02. The molecule has 0 fully saturated rings. The Morgan fingerprint density at radius 2 is 1.88 bits per heavy atom. The number of hydrogen-bond acceptors (Lipinski definition) is 5. The Morgan fingerprint density at radius 1 is 1.24 bits per heavy atom. The molecule has 2 N–H and O–H groups in total. The molecule has 2 aromatic rings. The number of aromatic nitrogens is 3. The van der Waals surface area contributed by atoms with Gasteiger partial charge in [-0.2, -0.15) is 0 Å². The highest BCUT2D eigenvalue weighted by atomic mass is 32.2. The molecule has 0 aliphatic carbocycles. The summed E-state index contributed by atoms with van der Waals surface area (Å²) in [5, 5.41) is 12.2. The topological polar surface area (TPSA) is 108 Å². The van der Waals surface area contributed by atoms with Crippen molar-refractivity contribution in [2.45, 2.75) is 4.90 Å². The molecule has 1 aromatic heterocycles. The number of benzene rings is 1. The Bertz CT molecular complexity index is 645. The van der Waals surface area contributed by atoms with Gasteiger partial charge in [0.25, 0.3) is 0 Å². The van der Waals surface area contributed by atoms with Crippen molar-refractivity contribution < 1.29 is 13.2 Å². The second-order valence-electron chi connectivity index (χ2n) is 3.23. The van der Waals surface area contributed by atoms with E-state index in [9.17, 15) is 13.2 Å². The molecule has 0 unspecified atom stereocenters. The van der Waals surface area contributed by atoms with Crippen LogP contribution in [0.5, 0.6) is 0 Å². The van der Waals surface area contributed by atoms with Crippen molar-refractivity contribution in [3.63, 3.8) is 0 Å². The SMILES string of the molecule is NS(=O)(=O)c1ccc(-n2nncc2C=O)cc1. The van der Waals surface area contributed by atoms with Crippen molar-refractivity contribution in [2.75, 3.05) is 0 Å². The Morgan fingerprint density at radius 3 is 2.41 bits per heavy atom. The molecule has 0 spiro atoms. The number of rotatable bonds is 3. The van der Waals surface area contributed by atoms with Gasteiger partial charge in [0.15, 0.2) is 6.29 Å². The Hall–Kier alpha value is -2.06. The summed E-state index contributed by atoms with van der Waals surface area (Å²) < 4.78 is 23.4. The molecule has 8 heteroatoms. The molecule has 0 saturated heterocycles. The normalized spacial score (nSPS) is 11.4. The largest absolute Gasteiger partial charge is 0.296 e. The van der Waals surface area contributed by atoms with Gasteiger partial charge < -0.3 is 0 Å². The lowest BCUT2D eigenvalue weighted by molar-refractivity contribution is 0.111. The van der Waals surface area contributed by atoms with Crippen LogP contribution in [0.4, 0.5) is 0 Å². The standard InChI is InChI=1S/C9H8N4O3S/c10-17(15,16)9-3-1-7(2-4-9)13-8(6-14)5-11-12-13/h1-6H,(H2,10,15,16). The lowest BCUT2D eigenvalue weighted by atomic mass is 10.3. The smallest absolute Gasteiger partial charge is 0.238 e. The van der Waals surface area contributed by atoms with Crippen LogP contribution in [-0.4, -0.2) is 29.7 Å². The predicted molar refractivity (Wildman–Crippen MR) is 58.1 cm³/mol. The monoisotopic (exact) mass is 252 g/mol. The van der Waals surface area contributed by atoms with E-state index in [0.29, 0.717) is 12.0 Å². The quantitative estimate of drug-likeness (QED) is 0.756. The van der Waals surface area contributed by atoms with E-state index < -0.39 is 10.0 Å².